The first kappa shape index (κ1) is 44.7. The van der Waals surface area contributed by atoms with E-state index in [0.717, 1.165) is 33.4 Å². The van der Waals surface area contributed by atoms with Gasteiger partial charge in [-0.2, -0.15) is 0 Å². The molecule has 18 nitrogen and oxygen atoms in total. The number of ether oxygens (including phenoxy) is 3. The average molecular weight is 792 g/mol. The summed E-state index contributed by atoms with van der Waals surface area (Å²) < 4.78 is 16.7. The summed E-state index contributed by atoms with van der Waals surface area (Å²) >= 11 is 0. The molecule has 0 atom stereocenters. The lowest BCUT2D eigenvalue weighted by Gasteiger charge is -2.31. The molecule has 0 heterocycles. The molecule has 3 rings (SSSR count). The molecule has 9 amide bonds. The minimum atomic E-state index is -1.12. The summed E-state index contributed by atoms with van der Waals surface area (Å²) in [4.78, 5) is 73.3. The molecule has 3 aromatic carbocycles. The van der Waals surface area contributed by atoms with Crippen molar-refractivity contribution in [3.8, 4) is 0 Å². The van der Waals surface area contributed by atoms with E-state index in [-0.39, 0.29) is 57.5 Å². The fourth-order valence-corrected chi connectivity index (χ4v) is 5.12. The van der Waals surface area contributed by atoms with Crippen LogP contribution in [0.1, 0.15) is 46.7 Å². The maximum Gasteiger partial charge on any atom is 0.407 e. The lowest BCUT2D eigenvalue weighted by molar-refractivity contribution is -0.0177. The molecule has 0 saturated heterocycles. The van der Waals surface area contributed by atoms with Crippen LogP contribution in [0.5, 0.6) is 0 Å². The minimum Gasteiger partial charge on any atom is -0.449 e. The van der Waals surface area contributed by atoms with Crippen molar-refractivity contribution in [3.63, 3.8) is 0 Å². The van der Waals surface area contributed by atoms with Gasteiger partial charge in [-0.3, -0.25) is 0 Å². The van der Waals surface area contributed by atoms with Gasteiger partial charge >= 0.3 is 36.4 Å². The van der Waals surface area contributed by atoms with Crippen LogP contribution in [0.4, 0.5) is 28.8 Å². The first-order chi connectivity index (χ1) is 27.5. The first-order valence-electron chi connectivity index (χ1n) is 18.3. The zero-order valence-corrected chi connectivity index (χ0v) is 32.7. The monoisotopic (exact) mass is 791 g/mol. The third-order valence-corrected chi connectivity index (χ3v) is 8.60. The van der Waals surface area contributed by atoms with Gasteiger partial charge in [0.05, 0.1) is 5.41 Å². The molecular formula is C39H53N9O9. The molecule has 0 radical (unpaired) electrons. The molecule has 3 aromatic rings. The van der Waals surface area contributed by atoms with Crippen molar-refractivity contribution in [2.24, 2.45) is 5.41 Å². The van der Waals surface area contributed by atoms with Crippen molar-refractivity contribution in [3.05, 3.63) is 106 Å². The molecule has 0 fully saturated rings. The van der Waals surface area contributed by atoms with Crippen LogP contribution in [-0.4, -0.2) is 77.3 Å². The van der Waals surface area contributed by atoms with Crippen LogP contribution in [0.25, 0.3) is 0 Å². The van der Waals surface area contributed by atoms with Gasteiger partial charge in [-0.25, -0.2) is 28.8 Å². The second-order valence-corrected chi connectivity index (χ2v) is 12.9. The lowest BCUT2D eigenvalue weighted by atomic mass is 9.88. The molecule has 0 bridgehead atoms. The normalized spacial score (nSPS) is 10.5. The van der Waals surface area contributed by atoms with Gasteiger partial charge in [0, 0.05) is 60.4 Å². The number of rotatable bonds is 19. The van der Waals surface area contributed by atoms with E-state index in [1.807, 2.05) is 54.6 Å². The molecule has 18 heteroatoms. The van der Waals surface area contributed by atoms with Crippen LogP contribution >= 0.6 is 0 Å². The van der Waals surface area contributed by atoms with E-state index in [0.29, 0.717) is 26.1 Å². The number of alkyl carbamates (subject to hydrolysis) is 3. The van der Waals surface area contributed by atoms with E-state index >= 15 is 0 Å². The number of hydrogen-bond acceptors (Lipinski definition) is 9. The zero-order valence-electron chi connectivity index (χ0n) is 32.7. The van der Waals surface area contributed by atoms with Gasteiger partial charge in [-0.15, -0.1) is 0 Å². The fraction of sp³-hybridized carbons (Fsp3) is 0.385. The summed E-state index contributed by atoms with van der Waals surface area (Å²) in [6.07, 6.45) is -1.94. The molecule has 0 unspecified atom stereocenters. The highest BCUT2D eigenvalue weighted by atomic mass is 16.6. The molecule has 0 spiro atoms. The summed E-state index contributed by atoms with van der Waals surface area (Å²) in [6.45, 7) is 2.31. The number of amides is 9. The Morgan fingerprint density at radius 1 is 0.439 bits per heavy atom. The Bertz CT molecular complexity index is 1610. The molecule has 0 aliphatic carbocycles. The topological polar surface area (TPSA) is 238 Å². The van der Waals surface area contributed by atoms with Crippen molar-refractivity contribution < 1.29 is 43.0 Å². The van der Waals surface area contributed by atoms with Crippen LogP contribution in [0.2, 0.25) is 0 Å². The van der Waals surface area contributed by atoms with Gasteiger partial charge in [-0.05, 0) is 39.8 Å². The van der Waals surface area contributed by atoms with Crippen molar-refractivity contribution in [2.75, 3.05) is 41.0 Å². The van der Waals surface area contributed by atoms with Gasteiger partial charge in [0.2, 0.25) is 0 Å². The molecule has 9 N–H and O–H groups in total. The highest BCUT2D eigenvalue weighted by Gasteiger charge is 2.34. The minimum absolute atomic E-state index is 0.135. The quantitative estimate of drug-likeness (QED) is 0.0808. The van der Waals surface area contributed by atoms with Gasteiger partial charge in [0.1, 0.15) is 19.8 Å². The van der Waals surface area contributed by atoms with Crippen LogP contribution in [0.3, 0.4) is 0 Å². The summed E-state index contributed by atoms with van der Waals surface area (Å²) in [7, 11) is 4.57. The molecule has 57 heavy (non-hydrogen) atoms. The predicted octanol–water partition coefficient (Wildman–Crippen LogP) is 3.45. The van der Waals surface area contributed by atoms with Gasteiger partial charge in [-0.1, -0.05) is 79.7 Å². The smallest absolute Gasteiger partial charge is 0.407 e. The summed E-state index contributed by atoms with van der Waals surface area (Å²) in [5.74, 6) is 0. The van der Waals surface area contributed by atoms with Crippen LogP contribution < -0.4 is 47.9 Å². The Labute approximate surface area is 331 Å². The summed E-state index contributed by atoms with van der Waals surface area (Å²) in [6, 6.07) is 20.9. The van der Waals surface area contributed by atoms with Crippen molar-refractivity contribution >= 4 is 36.4 Å². The van der Waals surface area contributed by atoms with E-state index in [1.165, 1.54) is 21.1 Å². The Balaban J connectivity index is 1.61. The zero-order chi connectivity index (χ0) is 41.5. The Hall–Kier alpha value is -6.72. The van der Waals surface area contributed by atoms with Crippen molar-refractivity contribution in [1.29, 1.82) is 0 Å². The number of carbonyl (C=O) groups excluding carboxylic acids is 6. The second kappa shape index (κ2) is 23.9. The van der Waals surface area contributed by atoms with Gasteiger partial charge < -0.3 is 62.1 Å². The molecule has 0 aliphatic rings. The number of urea groups is 3. The standard InChI is InChI=1S/C39H53N9O9/c1-5-39(24-55-36(52)46-21-30-12-6-9-27(15-30)18-43-33(49)40-2,25-56-37(53)47-22-31-13-7-10-28(16-31)19-44-34(50)41-3)26-57-38(54)48-23-32-14-8-11-29(17-32)20-45-35(51)42-4/h6-17H,5,18-26H2,1-4H3,(H,46,52)(H,47,53)(H,48,54)(H2,40,43,49)(H2,41,44,50)(H2,42,45,51). The second-order valence-electron chi connectivity index (χ2n) is 12.9. The summed E-state index contributed by atoms with van der Waals surface area (Å²) in [5.41, 5.74) is 3.69. The van der Waals surface area contributed by atoms with Crippen LogP contribution in [0.15, 0.2) is 72.8 Å². The van der Waals surface area contributed by atoms with Crippen molar-refractivity contribution in [1.82, 2.24) is 47.9 Å². The van der Waals surface area contributed by atoms with Crippen LogP contribution in [0, 0.1) is 5.41 Å². The average Bonchev–Trinajstić information content (AvgIpc) is 3.24. The molecular weight excluding hydrogens is 738 g/mol. The van der Waals surface area contributed by atoms with E-state index in [9.17, 15) is 28.8 Å². The first-order valence-corrected chi connectivity index (χ1v) is 18.3. The van der Waals surface area contributed by atoms with Gasteiger partial charge in [0.15, 0.2) is 0 Å². The fourth-order valence-electron chi connectivity index (χ4n) is 5.12. The third kappa shape index (κ3) is 17.1. The number of hydrogen-bond donors (Lipinski definition) is 9. The Morgan fingerprint density at radius 3 is 0.912 bits per heavy atom. The van der Waals surface area contributed by atoms with Crippen molar-refractivity contribution in [2.45, 2.75) is 52.6 Å². The maximum absolute atomic E-state index is 12.9. The Kier molecular flexibility index (Phi) is 18.8. The predicted molar refractivity (Wildman–Crippen MR) is 210 cm³/mol. The van der Waals surface area contributed by atoms with E-state index in [2.05, 4.69) is 47.9 Å². The SMILES string of the molecule is CCC(COC(=O)NCc1cccc(CNC(=O)NC)c1)(COC(=O)NCc1cccc(CNC(=O)NC)c1)COC(=O)NCc1cccc(CNC(=O)NC)c1. The van der Waals surface area contributed by atoms with E-state index in [4.69, 9.17) is 14.2 Å². The van der Waals surface area contributed by atoms with E-state index < -0.39 is 23.7 Å². The molecule has 0 aromatic heterocycles. The van der Waals surface area contributed by atoms with Gasteiger partial charge in [0.25, 0.3) is 0 Å². The maximum atomic E-state index is 12.9. The van der Waals surface area contributed by atoms with E-state index in [1.54, 1.807) is 25.1 Å². The Morgan fingerprint density at radius 2 is 0.684 bits per heavy atom. The largest absolute Gasteiger partial charge is 0.449 e. The number of benzene rings is 3. The molecule has 0 saturated carbocycles. The summed E-state index contributed by atoms with van der Waals surface area (Å²) in [5, 5.41) is 23.7. The highest BCUT2D eigenvalue weighted by Crippen LogP contribution is 2.25. The number of carbonyl (C=O) groups is 6. The highest BCUT2D eigenvalue weighted by molar-refractivity contribution is 5.74. The lowest BCUT2D eigenvalue weighted by Crippen LogP contribution is -2.42. The van der Waals surface area contributed by atoms with Crippen LogP contribution in [-0.2, 0) is 53.5 Å². The molecule has 308 valence electrons. The molecule has 0 aliphatic heterocycles. The third-order valence-electron chi connectivity index (χ3n) is 8.60. The number of nitrogens with one attached hydrogen (secondary N) is 9.